The zero-order valence-electron chi connectivity index (χ0n) is 12.2. The van der Waals surface area contributed by atoms with Gasteiger partial charge in [0.15, 0.2) is 0 Å². The van der Waals surface area contributed by atoms with Crippen molar-refractivity contribution in [1.29, 1.82) is 0 Å². The lowest BCUT2D eigenvalue weighted by molar-refractivity contribution is 0.0190. The first-order valence-corrected chi connectivity index (χ1v) is 7.83. The summed E-state index contributed by atoms with van der Waals surface area (Å²) >= 11 is 0. The Morgan fingerprint density at radius 3 is 2.90 bits per heavy atom. The third kappa shape index (κ3) is 2.21. The Hall–Kier alpha value is -1.56. The number of aryl methyl sites for hydroxylation is 1. The molecule has 0 N–H and O–H groups in total. The van der Waals surface area contributed by atoms with Crippen molar-refractivity contribution in [1.82, 2.24) is 14.7 Å². The number of carbonyl (C=O) groups is 1. The van der Waals surface area contributed by atoms with Gasteiger partial charge in [-0.3, -0.25) is 4.79 Å². The number of ether oxygens (including phenoxy) is 2. The fourth-order valence-corrected chi connectivity index (χ4v) is 3.71. The first-order chi connectivity index (χ1) is 10.3. The molecule has 6 nitrogen and oxygen atoms in total. The van der Waals surface area contributed by atoms with Crippen LogP contribution in [0.15, 0.2) is 6.20 Å². The summed E-state index contributed by atoms with van der Waals surface area (Å²) in [5, 5.41) is 4.28. The summed E-state index contributed by atoms with van der Waals surface area (Å²) < 4.78 is 12.9. The van der Waals surface area contributed by atoms with Gasteiger partial charge in [-0.15, -0.1) is 0 Å². The van der Waals surface area contributed by atoms with Gasteiger partial charge in [-0.1, -0.05) is 0 Å². The third-order valence-electron chi connectivity index (χ3n) is 5.05. The lowest BCUT2D eigenvalue weighted by Crippen LogP contribution is -2.35. The summed E-state index contributed by atoms with van der Waals surface area (Å²) in [5.41, 5.74) is 0.904. The van der Waals surface area contributed by atoms with Gasteiger partial charge in [0.2, 0.25) is 5.88 Å². The highest BCUT2D eigenvalue weighted by Gasteiger charge is 2.42. The summed E-state index contributed by atoms with van der Waals surface area (Å²) in [6.07, 6.45) is 5.85. The molecule has 0 radical (unpaired) electrons. The minimum absolute atomic E-state index is 0.0708. The van der Waals surface area contributed by atoms with Crippen LogP contribution in [-0.4, -0.2) is 53.5 Å². The Labute approximate surface area is 124 Å². The molecule has 0 bridgehead atoms. The van der Waals surface area contributed by atoms with E-state index in [0.717, 1.165) is 58.5 Å². The summed E-state index contributed by atoms with van der Waals surface area (Å²) in [5.74, 6) is 0.723. The van der Waals surface area contributed by atoms with Crippen LogP contribution in [0.2, 0.25) is 0 Å². The zero-order valence-corrected chi connectivity index (χ0v) is 12.2. The SMILES string of the molecule is O=C(c1cnn2c1OCCC2)N1CCC2(CCOCC2)C1. The maximum absolute atomic E-state index is 12.8. The second-order valence-corrected chi connectivity index (χ2v) is 6.38. The standard InChI is InChI=1S/C15H21N3O3/c19-13(12-10-16-18-5-1-7-21-14(12)18)17-6-2-15(11-17)3-8-20-9-4-15/h10H,1-9,11H2. The summed E-state index contributed by atoms with van der Waals surface area (Å²) in [7, 11) is 0. The summed E-state index contributed by atoms with van der Waals surface area (Å²) in [4.78, 5) is 14.7. The monoisotopic (exact) mass is 291 g/mol. The van der Waals surface area contributed by atoms with Gasteiger partial charge < -0.3 is 14.4 Å². The van der Waals surface area contributed by atoms with E-state index in [2.05, 4.69) is 5.10 Å². The van der Waals surface area contributed by atoms with Crippen LogP contribution < -0.4 is 4.74 Å². The molecule has 21 heavy (non-hydrogen) atoms. The second-order valence-electron chi connectivity index (χ2n) is 6.38. The van der Waals surface area contributed by atoms with Crippen LogP contribution >= 0.6 is 0 Å². The molecule has 4 rings (SSSR count). The fraction of sp³-hybridized carbons (Fsp3) is 0.733. The number of hydrogen-bond donors (Lipinski definition) is 0. The molecule has 2 saturated heterocycles. The van der Waals surface area contributed by atoms with E-state index in [1.165, 1.54) is 0 Å². The van der Waals surface area contributed by atoms with E-state index in [0.29, 0.717) is 18.1 Å². The fourth-order valence-electron chi connectivity index (χ4n) is 3.71. The number of nitrogens with zero attached hydrogens (tertiary/aromatic N) is 3. The molecule has 3 aliphatic rings. The predicted molar refractivity (Wildman–Crippen MR) is 75.3 cm³/mol. The molecule has 0 atom stereocenters. The smallest absolute Gasteiger partial charge is 0.261 e. The Kier molecular flexibility index (Phi) is 3.14. The molecule has 2 fully saturated rings. The van der Waals surface area contributed by atoms with Crippen molar-refractivity contribution in [3.8, 4) is 5.88 Å². The highest BCUT2D eigenvalue weighted by Crippen LogP contribution is 2.40. The number of rotatable bonds is 1. The molecular formula is C15H21N3O3. The van der Waals surface area contributed by atoms with Crippen LogP contribution in [0, 0.1) is 5.41 Å². The quantitative estimate of drug-likeness (QED) is 0.783. The van der Waals surface area contributed by atoms with Crippen molar-refractivity contribution < 1.29 is 14.3 Å². The topological polar surface area (TPSA) is 56.6 Å². The molecule has 0 aliphatic carbocycles. The molecule has 3 aliphatic heterocycles. The van der Waals surface area contributed by atoms with E-state index in [-0.39, 0.29) is 11.3 Å². The van der Waals surface area contributed by atoms with E-state index in [1.807, 2.05) is 4.90 Å². The van der Waals surface area contributed by atoms with E-state index < -0.39 is 0 Å². The van der Waals surface area contributed by atoms with E-state index in [9.17, 15) is 4.79 Å². The van der Waals surface area contributed by atoms with Crippen molar-refractivity contribution in [2.45, 2.75) is 32.2 Å². The first-order valence-electron chi connectivity index (χ1n) is 7.83. The second kappa shape index (κ2) is 5.02. The molecule has 1 aromatic heterocycles. The summed E-state index contributed by atoms with van der Waals surface area (Å²) in [6, 6.07) is 0. The van der Waals surface area contributed by atoms with Crippen molar-refractivity contribution in [2.24, 2.45) is 5.41 Å². The van der Waals surface area contributed by atoms with Gasteiger partial charge >= 0.3 is 0 Å². The van der Waals surface area contributed by atoms with Crippen molar-refractivity contribution >= 4 is 5.91 Å². The molecule has 114 valence electrons. The minimum Gasteiger partial charge on any atom is -0.477 e. The maximum Gasteiger partial charge on any atom is 0.261 e. The van der Waals surface area contributed by atoms with Crippen LogP contribution in [0.1, 0.15) is 36.0 Å². The zero-order chi connectivity index (χ0) is 14.3. The maximum atomic E-state index is 12.8. The normalized spacial score (nSPS) is 23.9. The number of amides is 1. The van der Waals surface area contributed by atoms with E-state index in [1.54, 1.807) is 10.9 Å². The molecule has 6 heteroatoms. The number of aromatic nitrogens is 2. The van der Waals surface area contributed by atoms with E-state index >= 15 is 0 Å². The van der Waals surface area contributed by atoms with Crippen LogP contribution in [0.5, 0.6) is 5.88 Å². The molecule has 0 saturated carbocycles. The van der Waals surface area contributed by atoms with Crippen molar-refractivity contribution in [3.05, 3.63) is 11.8 Å². The molecule has 4 heterocycles. The molecule has 1 spiro atoms. The van der Waals surface area contributed by atoms with Gasteiger partial charge in [0, 0.05) is 39.3 Å². The lowest BCUT2D eigenvalue weighted by atomic mass is 9.80. The Morgan fingerprint density at radius 1 is 1.19 bits per heavy atom. The van der Waals surface area contributed by atoms with Gasteiger partial charge in [-0.25, -0.2) is 4.68 Å². The van der Waals surface area contributed by atoms with Gasteiger partial charge in [0.1, 0.15) is 5.56 Å². The average molecular weight is 291 g/mol. The Morgan fingerprint density at radius 2 is 2.05 bits per heavy atom. The summed E-state index contributed by atoms with van der Waals surface area (Å²) in [6.45, 7) is 4.85. The Balaban J connectivity index is 1.52. The minimum atomic E-state index is 0.0708. The molecule has 0 aromatic carbocycles. The molecule has 1 amide bonds. The number of likely N-dealkylation sites (tertiary alicyclic amines) is 1. The van der Waals surface area contributed by atoms with Crippen LogP contribution in [0.4, 0.5) is 0 Å². The molecule has 1 aromatic rings. The number of carbonyl (C=O) groups excluding carboxylic acids is 1. The van der Waals surface area contributed by atoms with Gasteiger partial charge in [0.05, 0.1) is 12.8 Å². The van der Waals surface area contributed by atoms with Crippen LogP contribution in [0.25, 0.3) is 0 Å². The average Bonchev–Trinajstić information content (AvgIpc) is 3.12. The van der Waals surface area contributed by atoms with Crippen LogP contribution in [0.3, 0.4) is 0 Å². The molecule has 0 unspecified atom stereocenters. The third-order valence-corrected chi connectivity index (χ3v) is 5.05. The van der Waals surface area contributed by atoms with Crippen molar-refractivity contribution in [3.63, 3.8) is 0 Å². The largest absolute Gasteiger partial charge is 0.477 e. The Bertz CT molecular complexity index is 548. The lowest BCUT2D eigenvalue weighted by Gasteiger charge is -2.33. The van der Waals surface area contributed by atoms with Gasteiger partial charge in [0.25, 0.3) is 5.91 Å². The highest BCUT2D eigenvalue weighted by molar-refractivity contribution is 5.96. The van der Waals surface area contributed by atoms with Crippen LogP contribution in [-0.2, 0) is 11.3 Å². The highest BCUT2D eigenvalue weighted by atomic mass is 16.5. The van der Waals surface area contributed by atoms with Gasteiger partial charge in [-0.05, 0) is 24.7 Å². The van der Waals surface area contributed by atoms with Crippen molar-refractivity contribution in [2.75, 3.05) is 32.9 Å². The molecular weight excluding hydrogens is 270 g/mol. The van der Waals surface area contributed by atoms with E-state index in [4.69, 9.17) is 9.47 Å². The predicted octanol–water partition coefficient (Wildman–Crippen LogP) is 1.31. The first kappa shape index (κ1) is 13.1. The number of fused-ring (bicyclic) bond motifs is 1. The number of hydrogen-bond acceptors (Lipinski definition) is 4. The van der Waals surface area contributed by atoms with Gasteiger partial charge in [-0.2, -0.15) is 5.10 Å².